The number of carbonyl (C=O) groups excluding carboxylic acids is 3. The maximum atomic E-state index is 13.5. The normalized spacial score (nSPS) is 13.7. The van der Waals surface area contributed by atoms with Crippen LogP contribution in [0.5, 0.6) is 0 Å². The smallest absolute Gasteiger partial charge is 0.326 e. The fraction of sp³-hybridized carbons (Fsp3) is 0.462. The number of aliphatic imine (C=N–C) groups is 1. The van der Waals surface area contributed by atoms with Gasteiger partial charge < -0.3 is 43.2 Å². The van der Waals surface area contributed by atoms with Gasteiger partial charge in [0.25, 0.3) is 0 Å². The first-order chi connectivity index (χ1) is 19.6. The molecule has 0 spiro atoms. The van der Waals surface area contributed by atoms with Crippen LogP contribution in [0.4, 0.5) is 0 Å². The molecule has 0 fully saturated rings. The highest BCUT2D eigenvalue weighted by molar-refractivity contribution is 7.98. The molecule has 0 saturated carbocycles. The SMILES string of the molecule is CSCCC(NC(=O)C(CCCN=C(N)N)NC(=O)C(Cc1ccccc1)NC(=O)C(N)Cc1cnc[nH]1)C(=O)O. The topological polar surface area (TPSA) is 244 Å². The van der Waals surface area contributed by atoms with Crippen molar-refractivity contribution in [3.8, 4) is 0 Å². The van der Waals surface area contributed by atoms with Gasteiger partial charge in [-0.2, -0.15) is 11.8 Å². The number of aliphatic carboxylic acids is 1. The molecule has 2 rings (SSSR count). The molecule has 1 aromatic heterocycles. The van der Waals surface area contributed by atoms with Crippen molar-refractivity contribution in [2.45, 2.75) is 56.3 Å². The van der Waals surface area contributed by atoms with E-state index < -0.39 is 47.9 Å². The first-order valence-corrected chi connectivity index (χ1v) is 14.4. The molecule has 2 aromatic rings. The van der Waals surface area contributed by atoms with E-state index in [1.807, 2.05) is 12.3 Å². The van der Waals surface area contributed by atoms with Crippen LogP contribution in [0.2, 0.25) is 0 Å². The molecular weight excluding hydrogens is 550 g/mol. The Bertz CT molecular complexity index is 1140. The number of nitrogens with one attached hydrogen (secondary N) is 4. The third kappa shape index (κ3) is 12.3. The minimum absolute atomic E-state index is 0.116. The number of hydrogen-bond acceptors (Lipinski definition) is 8. The van der Waals surface area contributed by atoms with Crippen molar-refractivity contribution < 1.29 is 24.3 Å². The summed E-state index contributed by atoms with van der Waals surface area (Å²) in [4.78, 5) is 62.1. The van der Waals surface area contributed by atoms with Crippen molar-refractivity contribution in [1.82, 2.24) is 25.9 Å². The van der Waals surface area contributed by atoms with Crippen LogP contribution >= 0.6 is 11.8 Å². The molecule has 224 valence electrons. The van der Waals surface area contributed by atoms with Crippen molar-refractivity contribution in [3.05, 3.63) is 54.1 Å². The largest absolute Gasteiger partial charge is 0.480 e. The molecule has 41 heavy (non-hydrogen) atoms. The molecule has 4 unspecified atom stereocenters. The number of nitrogens with two attached hydrogens (primary N) is 3. The quantitative estimate of drug-likeness (QED) is 0.0590. The summed E-state index contributed by atoms with van der Waals surface area (Å²) in [5.74, 6) is -2.64. The van der Waals surface area contributed by atoms with Crippen molar-refractivity contribution in [2.75, 3.05) is 18.6 Å². The van der Waals surface area contributed by atoms with Gasteiger partial charge in [0.05, 0.1) is 12.4 Å². The van der Waals surface area contributed by atoms with E-state index in [1.165, 1.54) is 18.1 Å². The lowest BCUT2D eigenvalue weighted by molar-refractivity contribution is -0.142. The maximum Gasteiger partial charge on any atom is 0.326 e. The summed E-state index contributed by atoms with van der Waals surface area (Å²) in [6.45, 7) is 0.198. The number of amides is 3. The summed E-state index contributed by atoms with van der Waals surface area (Å²) in [5, 5.41) is 17.5. The van der Waals surface area contributed by atoms with Gasteiger partial charge in [-0.05, 0) is 36.8 Å². The van der Waals surface area contributed by atoms with E-state index in [9.17, 15) is 24.3 Å². The van der Waals surface area contributed by atoms with Gasteiger partial charge in [-0.15, -0.1) is 0 Å². The predicted molar refractivity (Wildman–Crippen MR) is 157 cm³/mol. The second kappa shape index (κ2) is 17.6. The minimum Gasteiger partial charge on any atom is -0.480 e. The van der Waals surface area contributed by atoms with E-state index in [-0.39, 0.29) is 38.2 Å². The number of hydrogen-bond donors (Lipinski definition) is 8. The minimum atomic E-state index is -1.18. The summed E-state index contributed by atoms with van der Waals surface area (Å²) in [6.07, 6.45) is 5.80. The van der Waals surface area contributed by atoms with Crippen molar-refractivity contribution in [1.29, 1.82) is 0 Å². The van der Waals surface area contributed by atoms with E-state index in [1.54, 1.807) is 30.5 Å². The molecular formula is C26H39N9O5S. The zero-order valence-corrected chi connectivity index (χ0v) is 23.7. The second-order valence-electron chi connectivity index (χ2n) is 9.33. The number of imidazole rings is 1. The Labute approximate surface area is 242 Å². The van der Waals surface area contributed by atoms with Gasteiger partial charge in [0.1, 0.15) is 18.1 Å². The van der Waals surface area contributed by atoms with Crippen LogP contribution in [0, 0.1) is 0 Å². The number of thioether (sulfide) groups is 1. The zero-order valence-electron chi connectivity index (χ0n) is 22.9. The van der Waals surface area contributed by atoms with Crippen LogP contribution in [-0.2, 0) is 32.0 Å². The molecule has 1 heterocycles. The second-order valence-corrected chi connectivity index (χ2v) is 10.3. The van der Waals surface area contributed by atoms with Crippen molar-refractivity contribution in [3.63, 3.8) is 0 Å². The Hall–Kier alpha value is -4.11. The number of benzene rings is 1. The number of guanidine groups is 1. The van der Waals surface area contributed by atoms with Crippen LogP contribution < -0.4 is 33.2 Å². The number of H-pyrrole nitrogens is 1. The van der Waals surface area contributed by atoms with Gasteiger partial charge in [0.15, 0.2) is 5.96 Å². The van der Waals surface area contributed by atoms with Gasteiger partial charge in [-0.3, -0.25) is 19.4 Å². The first kappa shape index (κ1) is 33.1. The highest BCUT2D eigenvalue weighted by atomic mass is 32.2. The monoisotopic (exact) mass is 589 g/mol. The number of aromatic amines is 1. The molecule has 3 amide bonds. The molecule has 14 nitrogen and oxygen atoms in total. The lowest BCUT2D eigenvalue weighted by atomic mass is 10.0. The van der Waals surface area contributed by atoms with Crippen molar-refractivity contribution in [2.24, 2.45) is 22.2 Å². The Balaban J connectivity index is 2.21. The number of aromatic nitrogens is 2. The van der Waals surface area contributed by atoms with Crippen LogP contribution in [-0.4, -0.2) is 87.4 Å². The summed E-state index contributed by atoms with van der Waals surface area (Å²) in [7, 11) is 0. The zero-order chi connectivity index (χ0) is 30.2. The molecule has 15 heteroatoms. The maximum absolute atomic E-state index is 13.5. The molecule has 0 aliphatic heterocycles. The number of nitrogens with zero attached hydrogens (tertiary/aromatic N) is 2. The standard InChI is InChI=1S/C26H39N9O5S/c1-41-11-9-20(25(39)40)34-23(37)19(8-5-10-31-26(28)29)33-24(38)21(12-16-6-3-2-4-7-16)35-22(36)18(27)13-17-14-30-15-32-17/h2-4,6-7,14-15,18-21H,5,8-13,27H2,1H3,(H,30,32)(H,33,38)(H,34,37)(H,35,36)(H,39,40)(H4,28,29,31). The Morgan fingerprint density at radius 1 is 0.976 bits per heavy atom. The molecule has 11 N–H and O–H groups in total. The highest BCUT2D eigenvalue weighted by Crippen LogP contribution is 2.08. The summed E-state index contributed by atoms with van der Waals surface area (Å²) in [6, 6.07) is 4.76. The molecule has 0 bridgehead atoms. The van der Waals surface area contributed by atoms with Crippen LogP contribution in [0.15, 0.2) is 47.8 Å². The summed E-state index contributed by atoms with van der Waals surface area (Å²) >= 11 is 1.45. The highest BCUT2D eigenvalue weighted by Gasteiger charge is 2.30. The van der Waals surface area contributed by atoms with E-state index in [4.69, 9.17) is 17.2 Å². The molecule has 0 aliphatic carbocycles. The van der Waals surface area contributed by atoms with Crippen molar-refractivity contribution >= 4 is 41.4 Å². The third-order valence-electron chi connectivity index (χ3n) is 6.05. The van der Waals surface area contributed by atoms with Gasteiger partial charge >= 0.3 is 5.97 Å². The van der Waals surface area contributed by atoms with Gasteiger partial charge in [0.2, 0.25) is 17.7 Å². The fourth-order valence-corrected chi connectivity index (χ4v) is 4.35. The molecule has 1 aromatic carbocycles. The van der Waals surface area contributed by atoms with Gasteiger partial charge in [-0.25, -0.2) is 9.78 Å². The van der Waals surface area contributed by atoms with E-state index in [0.717, 1.165) is 5.56 Å². The Kier molecular flexibility index (Phi) is 14.2. The molecule has 0 aliphatic rings. The average Bonchev–Trinajstić information content (AvgIpc) is 3.45. The van der Waals surface area contributed by atoms with Crippen LogP contribution in [0.25, 0.3) is 0 Å². The summed E-state index contributed by atoms with van der Waals surface area (Å²) in [5.41, 5.74) is 18.3. The molecule has 0 radical (unpaired) electrons. The molecule has 0 saturated heterocycles. The van der Waals surface area contributed by atoms with E-state index in [0.29, 0.717) is 17.9 Å². The number of rotatable bonds is 18. The average molecular weight is 590 g/mol. The number of carboxylic acid groups (broad SMARTS) is 1. The predicted octanol–water partition coefficient (Wildman–Crippen LogP) is -1.13. The third-order valence-corrected chi connectivity index (χ3v) is 6.69. The summed E-state index contributed by atoms with van der Waals surface area (Å²) < 4.78 is 0. The Morgan fingerprint density at radius 3 is 2.24 bits per heavy atom. The van der Waals surface area contributed by atoms with Crippen LogP contribution in [0.3, 0.4) is 0 Å². The Morgan fingerprint density at radius 2 is 1.63 bits per heavy atom. The fourth-order valence-electron chi connectivity index (χ4n) is 3.87. The van der Waals surface area contributed by atoms with Crippen LogP contribution in [0.1, 0.15) is 30.5 Å². The number of carboxylic acids is 1. The lowest BCUT2D eigenvalue weighted by Gasteiger charge is -2.25. The molecule has 4 atom stereocenters. The number of carbonyl (C=O) groups is 4. The van der Waals surface area contributed by atoms with E-state index >= 15 is 0 Å². The lowest BCUT2D eigenvalue weighted by Crippen LogP contribution is -2.57. The van der Waals surface area contributed by atoms with E-state index in [2.05, 4.69) is 30.9 Å². The first-order valence-electron chi connectivity index (χ1n) is 13.1. The van der Waals surface area contributed by atoms with Gasteiger partial charge in [-0.1, -0.05) is 30.3 Å². The van der Waals surface area contributed by atoms with Gasteiger partial charge in [0, 0.05) is 31.3 Å².